The minimum absolute atomic E-state index is 0.0641. The van der Waals surface area contributed by atoms with Crippen LogP contribution in [0.15, 0.2) is 30.3 Å². The van der Waals surface area contributed by atoms with E-state index in [0.717, 1.165) is 23.9 Å². The molecule has 0 saturated heterocycles. The zero-order valence-electron chi connectivity index (χ0n) is 21.7. The highest BCUT2D eigenvalue weighted by atomic mass is 19.1. The standard InChI is InChI=1S/C28H32FN3O6/c1-15-7-9-19-21(31(15)28(36)38-3)10-11-22-24(19)30-26(25(33)20-14-17(29)8-12-23(20)37-2)32(22)18-6-4-5-16(13-18)27(34)35/h8,10-12,14-16,18,25,33H,4-7,9,13H2,1-3H3,(H,34,35)/t15?,16-,18-,25-/m1/s1. The molecule has 202 valence electrons. The van der Waals surface area contributed by atoms with Gasteiger partial charge in [-0.05, 0) is 69.4 Å². The lowest BCUT2D eigenvalue weighted by atomic mass is 9.85. The van der Waals surface area contributed by atoms with Gasteiger partial charge in [0, 0.05) is 23.2 Å². The lowest BCUT2D eigenvalue weighted by molar-refractivity contribution is -0.143. The minimum atomic E-state index is -1.33. The summed E-state index contributed by atoms with van der Waals surface area (Å²) in [6, 6.07) is 7.37. The molecule has 4 atom stereocenters. The molecule has 2 aliphatic rings. The molecule has 2 aromatic carbocycles. The number of imidazole rings is 1. The zero-order valence-corrected chi connectivity index (χ0v) is 21.7. The molecule has 9 nitrogen and oxygen atoms in total. The summed E-state index contributed by atoms with van der Waals surface area (Å²) in [4.78, 5) is 31.0. The summed E-state index contributed by atoms with van der Waals surface area (Å²) in [6.45, 7) is 1.96. The van der Waals surface area contributed by atoms with E-state index in [-0.39, 0.29) is 23.5 Å². The van der Waals surface area contributed by atoms with Crippen LogP contribution in [0.25, 0.3) is 11.0 Å². The van der Waals surface area contributed by atoms with Gasteiger partial charge in [-0.1, -0.05) is 6.42 Å². The van der Waals surface area contributed by atoms with Crippen molar-refractivity contribution in [3.8, 4) is 5.75 Å². The maximum atomic E-state index is 14.3. The molecule has 1 amide bonds. The number of aryl methyl sites for hydroxylation is 1. The number of halogens is 1. The summed E-state index contributed by atoms with van der Waals surface area (Å²) in [5.74, 6) is -1.26. The molecular weight excluding hydrogens is 493 g/mol. The SMILES string of the molecule is COC(=O)N1c2ccc3c(nc([C@H](O)c4cc(F)ccc4OC)n3[C@@H]3CCC[C@@H](C(=O)O)C3)c2CCC1C. The fourth-order valence-corrected chi connectivity index (χ4v) is 6.05. The molecule has 10 heteroatoms. The van der Waals surface area contributed by atoms with Gasteiger partial charge in [0.2, 0.25) is 0 Å². The van der Waals surface area contributed by atoms with Crippen LogP contribution >= 0.6 is 0 Å². The van der Waals surface area contributed by atoms with Crippen LogP contribution in [0.3, 0.4) is 0 Å². The second-order valence-electron chi connectivity index (χ2n) is 10.1. The van der Waals surface area contributed by atoms with Gasteiger partial charge < -0.3 is 24.3 Å². The lowest BCUT2D eigenvalue weighted by Gasteiger charge is -2.34. The minimum Gasteiger partial charge on any atom is -0.496 e. The second kappa shape index (κ2) is 10.2. The largest absolute Gasteiger partial charge is 0.496 e. The molecule has 1 unspecified atom stereocenters. The Labute approximate surface area is 219 Å². The Bertz CT molecular complexity index is 1390. The third-order valence-electron chi connectivity index (χ3n) is 7.94. The molecule has 5 rings (SSSR count). The molecule has 1 aliphatic carbocycles. The number of amides is 1. The zero-order chi connectivity index (χ0) is 27.1. The number of hydrogen-bond acceptors (Lipinski definition) is 6. The fraction of sp³-hybridized carbons (Fsp3) is 0.464. The molecule has 3 aromatic rings. The summed E-state index contributed by atoms with van der Waals surface area (Å²) in [5.41, 5.74) is 3.15. The first kappa shape index (κ1) is 26.0. The van der Waals surface area contributed by atoms with Gasteiger partial charge in [-0.15, -0.1) is 0 Å². The van der Waals surface area contributed by atoms with Crippen molar-refractivity contribution in [3.63, 3.8) is 0 Å². The molecule has 1 saturated carbocycles. The summed E-state index contributed by atoms with van der Waals surface area (Å²) < 4.78 is 26.6. The van der Waals surface area contributed by atoms with Crippen LogP contribution in [-0.4, -0.2) is 52.1 Å². The number of hydrogen-bond donors (Lipinski definition) is 2. The number of benzene rings is 2. The molecule has 0 spiro atoms. The first-order valence-electron chi connectivity index (χ1n) is 12.9. The fourth-order valence-electron chi connectivity index (χ4n) is 6.05. The number of nitrogens with zero attached hydrogens (tertiary/aromatic N) is 3. The van der Waals surface area contributed by atoms with Crippen molar-refractivity contribution in [2.75, 3.05) is 19.1 Å². The van der Waals surface area contributed by atoms with Crippen molar-refractivity contribution in [2.45, 2.75) is 63.6 Å². The average molecular weight is 526 g/mol. The van der Waals surface area contributed by atoms with Gasteiger partial charge in [-0.3, -0.25) is 9.69 Å². The monoisotopic (exact) mass is 525 g/mol. The van der Waals surface area contributed by atoms with Crippen LogP contribution in [-0.2, 0) is 16.0 Å². The van der Waals surface area contributed by atoms with Crippen LogP contribution in [0.5, 0.6) is 5.75 Å². The van der Waals surface area contributed by atoms with E-state index in [1.165, 1.54) is 32.4 Å². The van der Waals surface area contributed by atoms with E-state index >= 15 is 0 Å². The summed E-state index contributed by atoms with van der Waals surface area (Å²) >= 11 is 0. The summed E-state index contributed by atoms with van der Waals surface area (Å²) in [7, 11) is 2.79. The Kier molecular flexibility index (Phi) is 7.00. The van der Waals surface area contributed by atoms with Crippen LogP contribution < -0.4 is 9.64 Å². The third-order valence-corrected chi connectivity index (χ3v) is 7.94. The number of aliphatic hydroxyl groups is 1. The maximum Gasteiger partial charge on any atom is 0.414 e. The quantitative estimate of drug-likeness (QED) is 0.482. The van der Waals surface area contributed by atoms with Gasteiger partial charge >= 0.3 is 12.1 Å². The molecule has 0 bridgehead atoms. The first-order chi connectivity index (χ1) is 18.2. The number of carbonyl (C=O) groups excluding carboxylic acids is 1. The maximum absolute atomic E-state index is 14.3. The van der Waals surface area contributed by atoms with Gasteiger partial charge in [0.25, 0.3) is 0 Å². The van der Waals surface area contributed by atoms with Crippen LogP contribution in [0.2, 0.25) is 0 Å². The number of carboxylic acids is 1. The van der Waals surface area contributed by atoms with Gasteiger partial charge in [-0.25, -0.2) is 14.2 Å². The van der Waals surface area contributed by atoms with E-state index in [4.69, 9.17) is 14.5 Å². The number of carbonyl (C=O) groups is 2. The predicted molar refractivity (Wildman–Crippen MR) is 138 cm³/mol. The Morgan fingerprint density at radius 3 is 2.66 bits per heavy atom. The van der Waals surface area contributed by atoms with Crippen LogP contribution in [0.4, 0.5) is 14.9 Å². The summed E-state index contributed by atoms with van der Waals surface area (Å²) in [5, 5.41) is 21.3. The number of aliphatic hydroxyl groups excluding tert-OH is 1. The lowest BCUT2D eigenvalue weighted by Crippen LogP contribution is -2.42. The molecule has 38 heavy (non-hydrogen) atoms. The van der Waals surface area contributed by atoms with E-state index in [0.29, 0.717) is 42.6 Å². The van der Waals surface area contributed by atoms with Crippen LogP contribution in [0, 0.1) is 11.7 Å². The van der Waals surface area contributed by atoms with E-state index in [1.807, 2.05) is 23.6 Å². The molecule has 1 aliphatic heterocycles. The Hall–Kier alpha value is -3.66. The van der Waals surface area contributed by atoms with Gasteiger partial charge in [-0.2, -0.15) is 0 Å². The van der Waals surface area contributed by atoms with E-state index in [1.54, 1.807) is 4.90 Å². The highest BCUT2D eigenvalue weighted by Crippen LogP contribution is 2.43. The topological polar surface area (TPSA) is 114 Å². The molecular formula is C28H32FN3O6. The van der Waals surface area contributed by atoms with Crippen molar-refractivity contribution in [2.24, 2.45) is 5.92 Å². The first-order valence-corrected chi connectivity index (χ1v) is 12.9. The van der Waals surface area contributed by atoms with Crippen molar-refractivity contribution in [3.05, 3.63) is 53.1 Å². The van der Waals surface area contributed by atoms with Crippen molar-refractivity contribution >= 4 is 28.8 Å². The third kappa shape index (κ3) is 4.36. The number of anilines is 1. The number of aliphatic carboxylic acids is 1. The molecule has 1 aromatic heterocycles. The Balaban J connectivity index is 1.72. The van der Waals surface area contributed by atoms with Crippen molar-refractivity contribution in [1.29, 1.82) is 0 Å². The van der Waals surface area contributed by atoms with Gasteiger partial charge in [0.15, 0.2) is 0 Å². The van der Waals surface area contributed by atoms with Crippen molar-refractivity contribution < 1.29 is 33.7 Å². The number of ether oxygens (including phenoxy) is 2. The van der Waals surface area contributed by atoms with Crippen LogP contribution in [0.1, 0.15) is 68.1 Å². The van der Waals surface area contributed by atoms with Crippen molar-refractivity contribution in [1.82, 2.24) is 9.55 Å². The number of fused-ring (bicyclic) bond motifs is 3. The van der Waals surface area contributed by atoms with E-state index in [2.05, 4.69) is 0 Å². The molecule has 0 radical (unpaired) electrons. The second-order valence-corrected chi connectivity index (χ2v) is 10.1. The van der Waals surface area contributed by atoms with E-state index < -0.39 is 29.9 Å². The van der Waals surface area contributed by atoms with Gasteiger partial charge in [0.1, 0.15) is 23.5 Å². The Morgan fingerprint density at radius 1 is 1.16 bits per heavy atom. The molecule has 2 heterocycles. The predicted octanol–water partition coefficient (Wildman–Crippen LogP) is 4.99. The normalized spacial score (nSPS) is 22.1. The Morgan fingerprint density at radius 2 is 1.95 bits per heavy atom. The highest BCUT2D eigenvalue weighted by Gasteiger charge is 2.36. The smallest absolute Gasteiger partial charge is 0.414 e. The number of aromatic nitrogens is 2. The summed E-state index contributed by atoms with van der Waals surface area (Å²) in [6.07, 6.45) is 2.01. The van der Waals surface area contributed by atoms with Gasteiger partial charge in [0.05, 0.1) is 36.9 Å². The van der Waals surface area contributed by atoms with E-state index in [9.17, 15) is 24.2 Å². The molecule has 2 N–H and O–H groups in total. The number of rotatable bonds is 5. The number of carboxylic acid groups (broad SMARTS) is 1. The number of methoxy groups -OCH3 is 2. The average Bonchev–Trinajstić information content (AvgIpc) is 3.32. The molecule has 1 fully saturated rings. The highest BCUT2D eigenvalue weighted by molar-refractivity contribution is 5.95.